The molecule has 6 nitrogen and oxygen atoms in total. The molecule has 90 valence electrons. The average Bonchev–Trinajstić information content (AvgIpc) is 2.37. The van der Waals surface area contributed by atoms with E-state index in [1.807, 2.05) is 0 Å². The largest absolute Gasteiger partial charge is 0.507 e. The third kappa shape index (κ3) is 2.32. The summed E-state index contributed by atoms with van der Waals surface area (Å²) >= 11 is 0. The molecule has 0 atom stereocenters. The van der Waals surface area contributed by atoms with Gasteiger partial charge in [-0.2, -0.15) is 0 Å². The normalized spacial score (nSPS) is 11.4. The first-order chi connectivity index (χ1) is 8.58. The van der Waals surface area contributed by atoms with Crippen molar-refractivity contribution < 1.29 is 19.8 Å². The van der Waals surface area contributed by atoms with Gasteiger partial charge in [-0.15, -0.1) is 0 Å². The molecule has 0 aliphatic heterocycles. The Morgan fingerprint density at radius 2 is 1.72 bits per heavy atom. The lowest BCUT2D eigenvalue weighted by molar-refractivity contribution is -0.146. The Balaban J connectivity index is 2.42. The van der Waals surface area contributed by atoms with Gasteiger partial charge in [-0.3, -0.25) is 14.8 Å². The number of aliphatic hydroxyl groups is 1. The van der Waals surface area contributed by atoms with Gasteiger partial charge in [0.2, 0.25) is 0 Å². The van der Waals surface area contributed by atoms with Crippen molar-refractivity contribution in [3.05, 3.63) is 42.2 Å². The molecule has 1 heterocycles. The molecule has 0 aliphatic rings. The maximum absolute atomic E-state index is 10.9. The number of aliphatic hydroxyl groups excluding tert-OH is 1. The number of carboxylic acid groups (broad SMARTS) is 1. The molecule has 0 amide bonds. The number of carbonyl (C=O) groups is 2. The number of rotatable bonds is 3. The van der Waals surface area contributed by atoms with Crippen LogP contribution in [0.1, 0.15) is 5.56 Å². The highest BCUT2D eigenvalue weighted by Gasteiger charge is 2.10. The summed E-state index contributed by atoms with van der Waals surface area (Å²) < 4.78 is 0. The molecular formula is C12H8N2O4. The van der Waals surface area contributed by atoms with Crippen LogP contribution in [0, 0.1) is 0 Å². The molecule has 2 rings (SSSR count). The molecule has 2 aromatic rings. The molecule has 0 unspecified atom stereocenters. The van der Waals surface area contributed by atoms with Crippen LogP contribution in [0.2, 0.25) is 0 Å². The van der Waals surface area contributed by atoms with E-state index in [1.54, 1.807) is 6.07 Å². The Bertz CT molecular complexity index is 664. The molecule has 0 fully saturated rings. The van der Waals surface area contributed by atoms with Crippen molar-refractivity contribution in [1.29, 1.82) is 0 Å². The van der Waals surface area contributed by atoms with E-state index in [4.69, 9.17) is 5.11 Å². The predicted molar refractivity (Wildman–Crippen MR) is 62.8 cm³/mol. The third-order valence-electron chi connectivity index (χ3n) is 2.24. The number of aromatic nitrogens is 2. The summed E-state index contributed by atoms with van der Waals surface area (Å²) in [6.07, 6.45) is 3.68. The highest BCUT2D eigenvalue weighted by Crippen LogP contribution is 2.16. The predicted octanol–water partition coefficient (Wildman–Crippen LogP) is 1.18. The van der Waals surface area contributed by atoms with Crippen molar-refractivity contribution in [2.75, 3.05) is 0 Å². The summed E-state index contributed by atoms with van der Waals surface area (Å²) in [4.78, 5) is 29.4. The lowest BCUT2D eigenvalue weighted by atomic mass is 10.1. The molecule has 1 aromatic heterocycles. The zero-order chi connectivity index (χ0) is 13.1. The van der Waals surface area contributed by atoms with Gasteiger partial charge < -0.3 is 10.2 Å². The van der Waals surface area contributed by atoms with Crippen molar-refractivity contribution in [2.45, 2.75) is 0 Å². The molecule has 6 heteroatoms. The van der Waals surface area contributed by atoms with E-state index in [2.05, 4.69) is 9.97 Å². The summed E-state index contributed by atoms with van der Waals surface area (Å²) in [5, 5.41) is 18.1. The second-order valence-electron chi connectivity index (χ2n) is 3.46. The minimum atomic E-state index is -1.62. The van der Waals surface area contributed by atoms with Crippen LogP contribution in [0.4, 0.5) is 0 Å². The van der Waals surface area contributed by atoms with Crippen LogP contribution < -0.4 is 0 Å². The van der Waals surface area contributed by atoms with Crippen molar-refractivity contribution in [2.24, 2.45) is 0 Å². The maximum atomic E-state index is 10.9. The van der Waals surface area contributed by atoms with Crippen LogP contribution in [-0.4, -0.2) is 31.9 Å². The Morgan fingerprint density at radius 3 is 2.39 bits per heavy atom. The van der Waals surface area contributed by atoms with E-state index < -0.39 is 17.5 Å². The zero-order valence-corrected chi connectivity index (χ0v) is 9.07. The molecule has 2 N–H and O–H groups in total. The van der Waals surface area contributed by atoms with Crippen LogP contribution in [0.25, 0.3) is 16.8 Å². The average molecular weight is 244 g/mol. The summed E-state index contributed by atoms with van der Waals surface area (Å²) in [5.74, 6) is -3.23. The van der Waals surface area contributed by atoms with Gasteiger partial charge in [0.1, 0.15) is 5.76 Å². The van der Waals surface area contributed by atoms with E-state index in [9.17, 15) is 14.7 Å². The van der Waals surface area contributed by atoms with E-state index in [-0.39, 0.29) is 0 Å². The highest BCUT2D eigenvalue weighted by molar-refractivity contribution is 6.38. The van der Waals surface area contributed by atoms with Crippen LogP contribution >= 0.6 is 0 Å². The lowest BCUT2D eigenvalue weighted by Crippen LogP contribution is -2.09. The Hall–Kier alpha value is -2.76. The van der Waals surface area contributed by atoms with Gasteiger partial charge >= 0.3 is 5.97 Å². The van der Waals surface area contributed by atoms with Crippen molar-refractivity contribution in [1.82, 2.24) is 9.97 Å². The molecule has 18 heavy (non-hydrogen) atoms. The number of carboxylic acids is 1. The number of fused-ring (bicyclic) bond motifs is 1. The van der Waals surface area contributed by atoms with Crippen molar-refractivity contribution in [3.63, 3.8) is 0 Å². The van der Waals surface area contributed by atoms with Gasteiger partial charge in [0.05, 0.1) is 11.0 Å². The Morgan fingerprint density at radius 1 is 1.06 bits per heavy atom. The van der Waals surface area contributed by atoms with Gasteiger partial charge in [-0.05, 0) is 18.2 Å². The van der Waals surface area contributed by atoms with Crippen molar-refractivity contribution >= 4 is 28.5 Å². The highest BCUT2D eigenvalue weighted by atomic mass is 16.4. The number of benzene rings is 1. The first-order valence-electron chi connectivity index (χ1n) is 4.97. The molecule has 0 bridgehead atoms. The van der Waals surface area contributed by atoms with Crippen LogP contribution in [0.5, 0.6) is 0 Å². The van der Waals surface area contributed by atoms with Crippen molar-refractivity contribution in [3.8, 4) is 0 Å². The fourth-order valence-corrected chi connectivity index (χ4v) is 1.39. The van der Waals surface area contributed by atoms with Crippen LogP contribution in [0.3, 0.4) is 0 Å². The topological polar surface area (TPSA) is 100 Å². The number of hydrogen-bond donors (Lipinski definition) is 2. The number of nitrogens with zero attached hydrogens (tertiary/aromatic N) is 2. The minimum Gasteiger partial charge on any atom is -0.507 e. The van der Waals surface area contributed by atoms with Crippen LogP contribution in [0.15, 0.2) is 36.7 Å². The number of ketones is 1. The lowest BCUT2D eigenvalue weighted by Gasteiger charge is -2.01. The van der Waals surface area contributed by atoms with Gasteiger partial charge in [0.15, 0.2) is 0 Å². The molecular weight excluding hydrogens is 236 g/mol. The third-order valence-corrected chi connectivity index (χ3v) is 2.24. The second-order valence-corrected chi connectivity index (χ2v) is 3.46. The Labute approximate surface area is 101 Å². The van der Waals surface area contributed by atoms with E-state index in [0.717, 1.165) is 0 Å². The number of carbonyl (C=O) groups excluding carboxylic acids is 1. The summed E-state index contributed by atoms with van der Waals surface area (Å²) in [5.41, 5.74) is 1.48. The maximum Gasteiger partial charge on any atom is 0.376 e. The zero-order valence-electron chi connectivity index (χ0n) is 9.07. The summed E-state index contributed by atoms with van der Waals surface area (Å²) in [6.45, 7) is 0. The standard InChI is InChI=1S/C12H8N2O4/c15-10(6-11(16)12(17)18)7-1-2-8-9(5-7)14-4-3-13-8/h1-6,15H,(H,17,18)/b10-6-. The monoisotopic (exact) mass is 244 g/mol. The smallest absolute Gasteiger partial charge is 0.376 e. The quantitative estimate of drug-likeness (QED) is 0.477. The Kier molecular flexibility index (Phi) is 3.01. The van der Waals surface area contributed by atoms with E-state index in [1.165, 1.54) is 24.5 Å². The SMILES string of the molecule is O=C(O)C(=O)/C=C(\O)c1ccc2nccnc2c1. The van der Waals surface area contributed by atoms with Gasteiger partial charge in [0, 0.05) is 24.0 Å². The molecule has 0 saturated carbocycles. The number of aliphatic carboxylic acids is 1. The molecule has 0 radical (unpaired) electrons. The molecule has 0 aliphatic carbocycles. The van der Waals surface area contributed by atoms with E-state index in [0.29, 0.717) is 22.7 Å². The van der Waals surface area contributed by atoms with Gasteiger partial charge in [-0.1, -0.05) is 0 Å². The first-order valence-corrected chi connectivity index (χ1v) is 4.97. The first kappa shape index (κ1) is 11.7. The molecule has 1 aromatic carbocycles. The van der Waals surface area contributed by atoms with E-state index >= 15 is 0 Å². The van der Waals surface area contributed by atoms with Gasteiger partial charge in [-0.25, -0.2) is 4.79 Å². The number of hydrogen-bond acceptors (Lipinski definition) is 5. The minimum absolute atomic E-state index is 0.303. The summed E-state index contributed by atoms with van der Waals surface area (Å²) in [6, 6.07) is 4.66. The molecule has 0 saturated heterocycles. The second kappa shape index (κ2) is 4.62. The fraction of sp³-hybridized carbons (Fsp3) is 0. The molecule has 0 spiro atoms. The summed E-state index contributed by atoms with van der Waals surface area (Å²) in [7, 11) is 0. The fourth-order valence-electron chi connectivity index (χ4n) is 1.39. The van der Waals surface area contributed by atoms with Crippen LogP contribution in [-0.2, 0) is 9.59 Å². The van der Waals surface area contributed by atoms with Gasteiger partial charge in [0.25, 0.3) is 5.78 Å².